The Kier molecular flexibility index (Phi) is 10.5. The van der Waals surface area contributed by atoms with Gasteiger partial charge in [-0.2, -0.15) is 0 Å². The van der Waals surface area contributed by atoms with Crippen molar-refractivity contribution in [1.82, 2.24) is 5.32 Å². The van der Waals surface area contributed by atoms with Gasteiger partial charge in [0.25, 0.3) is 0 Å². The minimum Gasteiger partial charge on any atom is -0.394 e. The van der Waals surface area contributed by atoms with E-state index in [2.05, 4.69) is 5.32 Å². The number of hydrogen-bond donors (Lipinski definition) is 11. The van der Waals surface area contributed by atoms with Crippen molar-refractivity contribution in [2.24, 2.45) is 0 Å². The lowest BCUT2D eigenvalue weighted by atomic mass is 9.95. The molecule has 37 heavy (non-hydrogen) atoms. The largest absolute Gasteiger partial charge is 0.394 e. The third-order valence-electron chi connectivity index (χ3n) is 6.49. The van der Waals surface area contributed by atoms with E-state index in [0.29, 0.717) is 0 Å². The molecule has 216 valence electrons. The smallest absolute Gasteiger partial charge is 0.217 e. The first-order valence-corrected chi connectivity index (χ1v) is 11.6. The Labute approximate surface area is 210 Å². The summed E-state index contributed by atoms with van der Waals surface area (Å²) in [6, 6.07) is -1.42. The van der Waals surface area contributed by atoms with Crippen molar-refractivity contribution < 1.29 is 79.5 Å². The van der Waals surface area contributed by atoms with Crippen LogP contribution in [0.5, 0.6) is 0 Å². The lowest BCUT2D eigenvalue weighted by Crippen LogP contribution is -2.68. The molecular weight excluding hydrogens is 510 g/mol. The van der Waals surface area contributed by atoms with Crippen LogP contribution in [0.3, 0.4) is 0 Å². The fraction of sp³-hybridized carbons (Fsp3) is 0.950. The summed E-state index contributed by atoms with van der Waals surface area (Å²) in [5, 5.41) is 103. The molecule has 3 aliphatic rings. The average Bonchev–Trinajstić information content (AvgIpc) is 2.86. The topological polar surface area (TPSA) is 278 Å². The number of carbonyl (C=O) groups is 1. The standard InChI is InChI=1S/C20H35NO16/c1-5(25)21-9-12(28)10(26)6(2-22)34-19(9)37-17-11(27)7(3-23)35-20(15(17)31)36-16-8(4-24)33-18(32)14(30)13(16)29/h6-20,22-24,26-32H,2-4H2,1H3,(H,21,25)/t6-,7-,8-,9-,10-,11+,12-,13-,14-,15-,16-,17+,18-,19+,20+/m1/s1. The summed E-state index contributed by atoms with van der Waals surface area (Å²) in [6.45, 7) is -1.25. The number of rotatable bonds is 8. The Morgan fingerprint density at radius 1 is 0.649 bits per heavy atom. The van der Waals surface area contributed by atoms with Crippen molar-refractivity contribution in [3.63, 3.8) is 0 Å². The van der Waals surface area contributed by atoms with Gasteiger partial charge in [-0.1, -0.05) is 0 Å². The third-order valence-corrected chi connectivity index (χ3v) is 6.49. The maximum atomic E-state index is 11.7. The zero-order valence-electron chi connectivity index (χ0n) is 19.7. The monoisotopic (exact) mass is 545 g/mol. The quantitative estimate of drug-likeness (QED) is 0.135. The number of hydrogen-bond acceptors (Lipinski definition) is 16. The highest BCUT2D eigenvalue weighted by molar-refractivity contribution is 5.73. The molecule has 15 atom stereocenters. The molecule has 0 radical (unpaired) electrons. The van der Waals surface area contributed by atoms with Gasteiger partial charge in [0.15, 0.2) is 18.9 Å². The van der Waals surface area contributed by atoms with Crippen LogP contribution in [-0.4, -0.2) is 169 Å². The highest BCUT2D eigenvalue weighted by Gasteiger charge is 2.53. The molecule has 0 aliphatic carbocycles. The van der Waals surface area contributed by atoms with E-state index in [-0.39, 0.29) is 0 Å². The molecule has 0 aromatic rings. The number of aliphatic hydroxyl groups excluding tert-OH is 10. The minimum atomic E-state index is -1.91. The van der Waals surface area contributed by atoms with Crippen LogP contribution in [0.15, 0.2) is 0 Å². The number of ether oxygens (including phenoxy) is 5. The van der Waals surface area contributed by atoms with E-state index in [1.54, 1.807) is 0 Å². The van der Waals surface area contributed by atoms with Gasteiger partial charge in [0.1, 0.15) is 73.2 Å². The van der Waals surface area contributed by atoms with E-state index >= 15 is 0 Å². The maximum Gasteiger partial charge on any atom is 0.217 e. The SMILES string of the molecule is CC(=O)N[C@H]1[C@H](O[C@H]2[C@@H](O)[C@@H](CO)O[C@@H](O[C@H]3[C@H](O)[C@@H](O)[C@H](O)O[C@@H]3CO)[C@@H]2O)O[C@H](CO)[C@@H](O)[C@@H]1O. The lowest BCUT2D eigenvalue weighted by Gasteiger charge is -2.48. The van der Waals surface area contributed by atoms with E-state index < -0.39 is 118 Å². The zero-order chi connectivity index (χ0) is 27.6. The summed E-state index contributed by atoms with van der Waals surface area (Å²) >= 11 is 0. The predicted molar refractivity (Wildman–Crippen MR) is 113 cm³/mol. The van der Waals surface area contributed by atoms with Crippen LogP contribution < -0.4 is 5.32 Å². The molecule has 3 saturated heterocycles. The second-order valence-corrected chi connectivity index (χ2v) is 9.07. The van der Waals surface area contributed by atoms with Crippen molar-refractivity contribution in [2.45, 2.75) is 99.0 Å². The van der Waals surface area contributed by atoms with Crippen LogP contribution >= 0.6 is 0 Å². The molecule has 0 aromatic heterocycles. The Hall–Kier alpha value is -1.13. The highest BCUT2D eigenvalue weighted by Crippen LogP contribution is 2.32. The van der Waals surface area contributed by atoms with Crippen LogP contribution in [0.4, 0.5) is 0 Å². The normalized spacial score (nSPS) is 49.0. The second-order valence-electron chi connectivity index (χ2n) is 9.07. The number of amides is 1. The van der Waals surface area contributed by atoms with Crippen LogP contribution in [0, 0.1) is 0 Å². The summed E-state index contributed by atoms with van der Waals surface area (Å²) in [6.07, 6.45) is -23.4. The fourth-order valence-electron chi connectivity index (χ4n) is 4.46. The Bertz CT molecular complexity index is 745. The molecule has 3 rings (SSSR count). The van der Waals surface area contributed by atoms with Gasteiger partial charge in [-0.15, -0.1) is 0 Å². The molecule has 0 saturated carbocycles. The van der Waals surface area contributed by atoms with E-state index in [1.807, 2.05) is 0 Å². The number of aliphatic hydroxyl groups is 10. The van der Waals surface area contributed by atoms with Gasteiger partial charge in [0.05, 0.1) is 19.8 Å². The van der Waals surface area contributed by atoms with Crippen LogP contribution in [0.25, 0.3) is 0 Å². The van der Waals surface area contributed by atoms with Crippen molar-refractivity contribution >= 4 is 5.91 Å². The maximum absolute atomic E-state index is 11.7. The first-order valence-electron chi connectivity index (χ1n) is 11.6. The van der Waals surface area contributed by atoms with Gasteiger partial charge in [-0.05, 0) is 0 Å². The lowest BCUT2D eigenvalue weighted by molar-refractivity contribution is -0.373. The Morgan fingerprint density at radius 3 is 1.76 bits per heavy atom. The third kappa shape index (κ3) is 6.38. The molecule has 17 heteroatoms. The van der Waals surface area contributed by atoms with E-state index in [4.69, 9.17) is 23.7 Å². The predicted octanol–water partition coefficient (Wildman–Crippen LogP) is -7.43. The van der Waals surface area contributed by atoms with Gasteiger partial charge in [-0.25, -0.2) is 0 Å². The molecule has 0 aromatic carbocycles. The molecular formula is C20H35NO16. The molecule has 1 amide bonds. The number of nitrogens with one attached hydrogen (secondary N) is 1. The summed E-state index contributed by atoms with van der Waals surface area (Å²) < 4.78 is 27.0. The minimum absolute atomic E-state index is 0.652. The molecule has 0 spiro atoms. The molecule has 3 fully saturated rings. The molecule has 11 N–H and O–H groups in total. The fourth-order valence-corrected chi connectivity index (χ4v) is 4.46. The molecule has 17 nitrogen and oxygen atoms in total. The Balaban J connectivity index is 1.83. The molecule has 0 unspecified atom stereocenters. The van der Waals surface area contributed by atoms with Crippen LogP contribution in [0.2, 0.25) is 0 Å². The average molecular weight is 545 g/mol. The highest BCUT2D eigenvalue weighted by atomic mass is 16.7. The van der Waals surface area contributed by atoms with Crippen molar-refractivity contribution in [2.75, 3.05) is 19.8 Å². The first kappa shape index (κ1) is 30.4. The van der Waals surface area contributed by atoms with Crippen molar-refractivity contribution in [3.05, 3.63) is 0 Å². The van der Waals surface area contributed by atoms with E-state index in [9.17, 15) is 55.9 Å². The first-order chi connectivity index (χ1) is 17.4. The van der Waals surface area contributed by atoms with Gasteiger partial charge in [0.2, 0.25) is 5.91 Å². The molecule has 3 heterocycles. The van der Waals surface area contributed by atoms with Gasteiger partial charge in [0, 0.05) is 6.92 Å². The summed E-state index contributed by atoms with van der Waals surface area (Å²) in [5.41, 5.74) is 0. The number of carbonyl (C=O) groups excluding carboxylic acids is 1. The van der Waals surface area contributed by atoms with Gasteiger partial charge >= 0.3 is 0 Å². The van der Waals surface area contributed by atoms with Gasteiger partial charge in [-0.3, -0.25) is 4.79 Å². The van der Waals surface area contributed by atoms with Crippen molar-refractivity contribution in [1.29, 1.82) is 0 Å². The molecule has 0 bridgehead atoms. The summed E-state index contributed by atoms with van der Waals surface area (Å²) in [4.78, 5) is 11.7. The van der Waals surface area contributed by atoms with Crippen LogP contribution in [0.1, 0.15) is 6.92 Å². The second kappa shape index (κ2) is 12.8. The van der Waals surface area contributed by atoms with Crippen LogP contribution in [-0.2, 0) is 28.5 Å². The van der Waals surface area contributed by atoms with E-state index in [0.717, 1.165) is 6.92 Å². The molecule has 3 aliphatic heterocycles. The zero-order valence-corrected chi connectivity index (χ0v) is 19.7. The van der Waals surface area contributed by atoms with E-state index in [1.165, 1.54) is 0 Å². The van der Waals surface area contributed by atoms with Crippen molar-refractivity contribution in [3.8, 4) is 0 Å². The summed E-state index contributed by atoms with van der Waals surface area (Å²) in [5.74, 6) is -0.652. The summed E-state index contributed by atoms with van der Waals surface area (Å²) in [7, 11) is 0. The Morgan fingerprint density at radius 2 is 1.19 bits per heavy atom. The van der Waals surface area contributed by atoms with Gasteiger partial charge < -0.3 is 80.1 Å².